The van der Waals surface area contributed by atoms with E-state index in [-0.39, 0.29) is 37.6 Å². The minimum atomic E-state index is -4.85. The van der Waals surface area contributed by atoms with Crippen molar-refractivity contribution in [2.45, 2.75) is 19.0 Å². The van der Waals surface area contributed by atoms with E-state index in [1.54, 1.807) is 24.3 Å². The van der Waals surface area contributed by atoms with Gasteiger partial charge in [0.1, 0.15) is 0 Å². The molecule has 1 heterocycles. The van der Waals surface area contributed by atoms with Crippen molar-refractivity contribution in [1.82, 2.24) is 4.90 Å². The monoisotopic (exact) mass is 319 g/mol. The second-order valence-corrected chi connectivity index (χ2v) is 5.37. The quantitative estimate of drug-likeness (QED) is 0.784. The summed E-state index contributed by atoms with van der Waals surface area (Å²) in [5.74, 6) is -2.31. The van der Waals surface area contributed by atoms with Gasteiger partial charge in [-0.1, -0.05) is 11.6 Å². The Morgan fingerprint density at radius 2 is 1.62 bits per heavy atom. The molecule has 0 aliphatic carbocycles. The van der Waals surface area contributed by atoms with Crippen LogP contribution in [0.1, 0.15) is 23.2 Å². The average molecular weight is 320 g/mol. The molecule has 1 aliphatic heterocycles. The number of benzene rings is 1. The molecule has 0 saturated carbocycles. The molecule has 1 saturated heterocycles. The fourth-order valence-electron chi connectivity index (χ4n) is 2.37. The van der Waals surface area contributed by atoms with Crippen molar-refractivity contribution in [3.05, 3.63) is 34.9 Å². The van der Waals surface area contributed by atoms with Crippen molar-refractivity contribution in [3.63, 3.8) is 0 Å². The lowest BCUT2D eigenvalue weighted by Crippen LogP contribution is -2.46. The number of nitrogens with zero attached hydrogens (tertiary/aromatic N) is 1. The fraction of sp³-hybridized carbons (Fsp3) is 0.429. The van der Waals surface area contributed by atoms with Crippen molar-refractivity contribution in [3.8, 4) is 0 Å². The highest BCUT2D eigenvalue weighted by molar-refractivity contribution is 6.30. The lowest BCUT2D eigenvalue weighted by atomic mass is 9.89. The summed E-state index contributed by atoms with van der Waals surface area (Å²) in [5.41, 5.74) is 0.486. The van der Waals surface area contributed by atoms with Gasteiger partial charge in [0.05, 0.1) is 0 Å². The number of Topliss-reactive ketones (excluding diaryl/α,β-unsaturated/α-hetero) is 1. The van der Waals surface area contributed by atoms with Crippen molar-refractivity contribution in [1.29, 1.82) is 0 Å². The number of halogens is 4. The number of hydrogen-bond acceptors (Lipinski definition) is 2. The number of ketones is 1. The van der Waals surface area contributed by atoms with Gasteiger partial charge in [-0.2, -0.15) is 13.2 Å². The van der Waals surface area contributed by atoms with Gasteiger partial charge >= 0.3 is 12.1 Å². The molecule has 0 N–H and O–H groups in total. The van der Waals surface area contributed by atoms with Crippen LogP contribution >= 0.6 is 11.6 Å². The maximum Gasteiger partial charge on any atom is 0.471 e. The van der Waals surface area contributed by atoms with Crippen LogP contribution in [0.3, 0.4) is 0 Å². The third kappa shape index (κ3) is 3.75. The van der Waals surface area contributed by atoms with E-state index in [9.17, 15) is 22.8 Å². The molecule has 1 fully saturated rings. The summed E-state index contributed by atoms with van der Waals surface area (Å²) in [6.07, 6.45) is -4.38. The highest BCUT2D eigenvalue weighted by atomic mass is 35.5. The zero-order valence-electron chi connectivity index (χ0n) is 11.0. The zero-order valence-corrected chi connectivity index (χ0v) is 11.7. The van der Waals surface area contributed by atoms with Crippen LogP contribution in [-0.2, 0) is 4.79 Å². The number of alkyl halides is 3. The first-order chi connectivity index (χ1) is 9.79. The Hall–Kier alpha value is -1.56. The highest BCUT2D eigenvalue weighted by Crippen LogP contribution is 2.26. The first-order valence-corrected chi connectivity index (χ1v) is 6.82. The summed E-state index contributed by atoms with van der Waals surface area (Å²) < 4.78 is 37.0. The molecule has 7 heteroatoms. The average Bonchev–Trinajstić information content (AvgIpc) is 2.46. The summed E-state index contributed by atoms with van der Waals surface area (Å²) in [7, 11) is 0. The number of amides is 1. The van der Waals surface area contributed by atoms with E-state index in [1.807, 2.05) is 0 Å². The third-order valence-corrected chi connectivity index (χ3v) is 3.78. The highest BCUT2D eigenvalue weighted by Gasteiger charge is 2.43. The normalized spacial score (nSPS) is 16.9. The van der Waals surface area contributed by atoms with E-state index in [2.05, 4.69) is 0 Å². The first kappa shape index (κ1) is 15.8. The molecule has 114 valence electrons. The van der Waals surface area contributed by atoms with E-state index in [1.165, 1.54) is 0 Å². The maximum absolute atomic E-state index is 12.3. The number of piperidine rings is 1. The smallest absolute Gasteiger partial charge is 0.335 e. The zero-order chi connectivity index (χ0) is 15.6. The lowest BCUT2D eigenvalue weighted by Gasteiger charge is -2.31. The molecule has 3 nitrogen and oxygen atoms in total. The number of likely N-dealkylation sites (tertiary alicyclic amines) is 1. The molecule has 0 unspecified atom stereocenters. The summed E-state index contributed by atoms with van der Waals surface area (Å²) in [4.78, 5) is 24.1. The van der Waals surface area contributed by atoms with E-state index >= 15 is 0 Å². The minimum Gasteiger partial charge on any atom is -0.335 e. The van der Waals surface area contributed by atoms with E-state index in [4.69, 9.17) is 11.6 Å². The van der Waals surface area contributed by atoms with Gasteiger partial charge < -0.3 is 4.90 Å². The SMILES string of the molecule is O=C(c1ccc(Cl)cc1)C1CCN(C(=O)C(F)(F)F)CC1. The van der Waals surface area contributed by atoms with Crippen molar-refractivity contribution in [2.75, 3.05) is 13.1 Å². The summed E-state index contributed by atoms with van der Waals surface area (Å²) in [6.45, 7) is -0.106. The topological polar surface area (TPSA) is 37.4 Å². The predicted molar refractivity (Wildman–Crippen MR) is 71.1 cm³/mol. The van der Waals surface area contributed by atoms with Crippen LogP contribution in [0.25, 0.3) is 0 Å². The second-order valence-electron chi connectivity index (χ2n) is 4.94. The number of carbonyl (C=O) groups is 2. The Kier molecular flexibility index (Phi) is 4.56. The minimum absolute atomic E-state index is 0.0532. The molecule has 1 amide bonds. The number of carbonyl (C=O) groups excluding carboxylic acids is 2. The molecule has 21 heavy (non-hydrogen) atoms. The number of rotatable bonds is 2. The third-order valence-electron chi connectivity index (χ3n) is 3.52. The van der Waals surface area contributed by atoms with Gasteiger partial charge in [-0.15, -0.1) is 0 Å². The summed E-state index contributed by atoms with van der Waals surface area (Å²) >= 11 is 5.74. The van der Waals surface area contributed by atoms with E-state index in [0.29, 0.717) is 10.6 Å². The summed E-state index contributed by atoms with van der Waals surface area (Å²) in [5, 5.41) is 0.511. The van der Waals surface area contributed by atoms with Gasteiger partial charge in [-0.25, -0.2) is 0 Å². The van der Waals surface area contributed by atoms with Crippen LogP contribution in [0.15, 0.2) is 24.3 Å². The Balaban J connectivity index is 1.96. The molecule has 0 aromatic heterocycles. The van der Waals surface area contributed by atoms with Crippen LogP contribution in [0.2, 0.25) is 5.02 Å². The first-order valence-electron chi connectivity index (χ1n) is 6.45. The molecule has 2 rings (SSSR count). The van der Waals surface area contributed by atoms with Crippen LogP contribution in [0, 0.1) is 5.92 Å². The largest absolute Gasteiger partial charge is 0.471 e. The Labute approximate surface area is 124 Å². The molecular formula is C14H13ClF3NO2. The Morgan fingerprint density at radius 1 is 1.10 bits per heavy atom. The van der Waals surface area contributed by atoms with Crippen LogP contribution in [0.4, 0.5) is 13.2 Å². The van der Waals surface area contributed by atoms with Crippen molar-refractivity contribution < 1.29 is 22.8 Å². The van der Waals surface area contributed by atoms with Crippen LogP contribution < -0.4 is 0 Å². The molecule has 1 aromatic rings. The van der Waals surface area contributed by atoms with Crippen LogP contribution in [-0.4, -0.2) is 35.9 Å². The van der Waals surface area contributed by atoms with Gasteiger partial charge in [0, 0.05) is 29.6 Å². The van der Waals surface area contributed by atoms with Crippen LogP contribution in [0.5, 0.6) is 0 Å². The molecule has 0 radical (unpaired) electrons. The van der Waals surface area contributed by atoms with Crippen molar-refractivity contribution in [2.24, 2.45) is 5.92 Å². The Morgan fingerprint density at radius 3 is 2.10 bits per heavy atom. The molecule has 0 spiro atoms. The van der Waals surface area contributed by atoms with Crippen molar-refractivity contribution >= 4 is 23.3 Å². The van der Waals surface area contributed by atoms with Gasteiger partial charge in [-0.05, 0) is 37.1 Å². The van der Waals surface area contributed by atoms with Gasteiger partial charge in [0.25, 0.3) is 0 Å². The van der Waals surface area contributed by atoms with E-state index < -0.39 is 12.1 Å². The molecule has 0 atom stereocenters. The van der Waals surface area contributed by atoms with Gasteiger partial charge in [0.2, 0.25) is 0 Å². The Bertz CT molecular complexity index is 534. The molecule has 1 aliphatic rings. The second kappa shape index (κ2) is 6.05. The van der Waals surface area contributed by atoms with E-state index in [0.717, 1.165) is 4.90 Å². The van der Waals surface area contributed by atoms with Gasteiger partial charge in [-0.3, -0.25) is 9.59 Å². The predicted octanol–water partition coefficient (Wildman–Crippen LogP) is 3.32. The standard InChI is InChI=1S/C14H13ClF3NO2/c15-11-3-1-9(2-4-11)12(20)10-5-7-19(8-6-10)13(21)14(16,17)18/h1-4,10H,5-8H2. The molecule has 0 bridgehead atoms. The fourth-order valence-corrected chi connectivity index (χ4v) is 2.50. The number of hydrogen-bond donors (Lipinski definition) is 0. The van der Waals surface area contributed by atoms with Gasteiger partial charge in [0.15, 0.2) is 5.78 Å². The summed E-state index contributed by atoms with van der Waals surface area (Å²) in [6, 6.07) is 6.38. The molecule has 1 aromatic carbocycles. The maximum atomic E-state index is 12.3. The lowest BCUT2D eigenvalue weighted by molar-refractivity contribution is -0.186. The molecular weight excluding hydrogens is 307 g/mol.